The van der Waals surface area contributed by atoms with Crippen LogP contribution in [-0.2, 0) is 16.0 Å². The average molecular weight is 301 g/mol. The zero-order chi connectivity index (χ0) is 15.4. The summed E-state index contributed by atoms with van der Waals surface area (Å²) < 4.78 is 5.44. The number of nitrogens with one attached hydrogen (secondary N) is 1. The maximum Gasteiger partial charge on any atom is 0.222 e. The number of likely N-dealkylation sites (N-methyl/N-ethyl adjacent to an activating group) is 1. The number of imidazole rings is 1. The van der Waals surface area contributed by atoms with Gasteiger partial charge in [0.15, 0.2) is 0 Å². The Labute approximate surface area is 130 Å². The zero-order valence-electron chi connectivity index (χ0n) is 13.0. The minimum Gasteiger partial charge on any atom is -0.381 e. The van der Waals surface area contributed by atoms with Gasteiger partial charge in [0.2, 0.25) is 5.91 Å². The van der Waals surface area contributed by atoms with Gasteiger partial charge in [0.05, 0.1) is 11.0 Å². The topological polar surface area (TPSA) is 58.2 Å². The second-order valence-electron chi connectivity index (χ2n) is 6.05. The molecule has 2 aromatic rings. The summed E-state index contributed by atoms with van der Waals surface area (Å²) in [4.78, 5) is 21.9. The predicted molar refractivity (Wildman–Crippen MR) is 85.6 cm³/mol. The molecule has 1 aliphatic heterocycles. The van der Waals surface area contributed by atoms with Crippen molar-refractivity contribution in [3.8, 4) is 0 Å². The molecule has 2 heterocycles. The Morgan fingerprint density at radius 1 is 1.45 bits per heavy atom. The number of nitrogens with zero attached hydrogens (tertiary/aromatic N) is 2. The summed E-state index contributed by atoms with van der Waals surface area (Å²) in [6.07, 6.45) is 3.51. The molecule has 1 unspecified atom stereocenters. The van der Waals surface area contributed by atoms with Gasteiger partial charge in [0.25, 0.3) is 0 Å². The van der Waals surface area contributed by atoms with Crippen LogP contribution in [-0.4, -0.2) is 47.6 Å². The maximum absolute atomic E-state index is 12.2. The van der Waals surface area contributed by atoms with Crippen molar-refractivity contribution < 1.29 is 9.53 Å². The molecule has 1 atom stereocenters. The SMILES string of the molecule is CN(CCc1nc2ccccc2[nH]1)C(=O)CC1CCCOC1. The van der Waals surface area contributed by atoms with E-state index in [9.17, 15) is 4.79 Å². The fourth-order valence-corrected chi connectivity index (χ4v) is 2.89. The van der Waals surface area contributed by atoms with Gasteiger partial charge in [-0.05, 0) is 30.9 Å². The number of ether oxygens (including phenoxy) is 1. The van der Waals surface area contributed by atoms with Gasteiger partial charge in [0.1, 0.15) is 5.82 Å². The number of carbonyl (C=O) groups is 1. The van der Waals surface area contributed by atoms with Crippen molar-refractivity contribution in [3.63, 3.8) is 0 Å². The monoisotopic (exact) mass is 301 g/mol. The average Bonchev–Trinajstić information content (AvgIpc) is 2.96. The van der Waals surface area contributed by atoms with E-state index in [1.807, 2.05) is 36.2 Å². The number of benzene rings is 1. The number of aromatic nitrogens is 2. The largest absolute Gasteiger partial charge is 0.381 e. The molecule has 1 saturated heterocycles. The minimum atomic E-state index is 0.201. The second-order valence-corrected chi connectivity index (χ2v) is 6.05. The molecule has 1 aromatic heterocycles. The highest BCUT2D eigenvalue weighted by atomic mass is 16.5. The predicted octanol–water partition coefficient (Wildman–Crippen LogP) is 2.38. The van der Waals surface area contributed by atoms with Gasteiger partial charge in [-0.25, -0.2) is 4.98 Å². The smallest absolute Gasteiger partial charge is 0.222 e. The van der Waals surface area contributed by atoms with Crippen LogP contribution in [0.5, 0.6) is 0 Å². The molecule has 0 bridgehead atoms. The van der Waals surface area contributed by atoms with Crippen molar-refractivity contribution in [2.45, 2.75) is 25.7 Å². The Bertz CT molecular complexity index is 599. The van der Waals surface area contributed by atoms with Crippen molar-refractivity contribution in [2.24, 2.45) is 5.92 Å². The Balaban J connectivity index is 1.50. The lowest BCUT2D eigenvalue weighted by Gasteiger charge is -2.24. The fraction of sp³-hybridized carbons (Fsp3) is 0.529. The fourth-order valence-electron chi connectivity index (χ4n) is 2.89. The Hall–Kier alpha value is -1.88. The lowest BCUT2D eigenvalue weighted by Crippen LogP contribution is -2.32. The number of para-hydroxylation sites is 2. The molecule has 5 nitrogen and oxygen atoms in total. The molecule has 5 heteroatoms. The molecule has 0 spiro atoms. The van der Waals surface area contributed by atoms with Gasteiger partial charge in [0, 0.05) is 39.6 Å². The van der Waals surface area contributed by atoms with Crippen LogP contribution in [0.3, 0.4) is 0 Å². The van der Waals surface area contributed by atoms with Crippen molar-refractivity contribution >= 4 is 16.9 Å². The lowest BCUT2D eigenvalue weighted by atomic mass is 9.98. The van der Waals surface area contributed by atoms with Crippen molar-refractivity contribution in [2.75, 3.05) is 26.8 Å². The molecule has 118 valence electrons. The highest BCUT2D eigenvalue weighted by Crippen LogP contribution is 2.18. The van der Waals surface area contributed by atoms with Gasteiger partial charge in [-0.15, -0.1) is 0 Å². The van der Waals surface area contributed by atoms with Crippen molar-refractivity contribution in [3.05, 3.63) is 30.1 Å². The van der Waals surface area contributed by atoms with Crippen LogP contribution in [0.2, 0.25) is 0 Å². The van der Waals surface area contributed by atoms with Crippen LogP contribution in [0.25, 0.3) is 11.0 Å². The molecule has 0 radical (unpaired) electrons. The van der Waals surface area contributed by atoms with E-state index < -0.39 is 0 Å². The first-order valence-corrected chi connectivity index (χ1v) is 7.97. The first-order chi connectivity index (χ1) is 10.7. The maximum atomic E-state index is 12.2. The summed E-state index contributed by atoms with van der Waals surface area (Å²) in [5.41, 5.74) is 2.02. The second kappa shape index (κ2) is 6.92. The number of amides is 1. The number of H-pyrrole nitrogens is 1. The van der Waals surface area contributed by atoms with Gasteiger partial charge >= 0.3 is 0 Å². The third-order valence-electron chi connectivity index (χ3n) is 4.27. The quantitative estimate of drug-likeness (QED) is 0.922. The highest BCUT2D eigenvalue weighted by molar-refractivity contribution is 5.76. The number of hydrogen-bond acceptors (Lipinski definition) is 3. The van der Waals surface area contributed by atoms with Crippen LogP contribution in [0.1, 0.15) is 25.1 Å². The number of aromatic amines is 1. The van der Waals surface area contributed by atoms with Gasteiger partial charge in [-0.3, -0.25) is 4.79 Å². The normalized spacial score (nSPS) is 18.5. The molecule has 1 fully saturated rings. The molecule has 0 aliphatic carbocycles. The van der Waals surface area contributed by atoms with Crippen molar-refractivity contribution in [1.29, 1.82) is 0 Å². The zero-order valence-corrected chi connectivity index (χ0v) is 13.0. The minimum absolute atomic E-state index is 0.201. The van der Waals surface area contributed by atoms with Crippen LogP contribution < -0.4 is 0 Å². The first kappa shape index (κ1) is 15.0. The summed E-state index contributed by atoms with van der Waals surface area (Å²) in [7, 11) is 1.87. The number of fused-ring (bicyclic) bond motifs is 1. The van der Waals surface area contributed by atoms with Crippen LogP contribution in [0.4, 0.5) is 0 Å². The van der Waals surface area contributed by atoms with Gasteiger partial charge in [-0.1, -0.05) is 12.1 Å². The van der Waals surface area contributed by atoms with Gasteiger partial charge in [-0.2, -0.15) is 0 Å². The summed E-state index contributed by atoms with van der Waals surface area (Å²) in [6.45, 7) is 2.25. The number of carbonyl (C=O) groups excluding carboxylic acids is 1. The van der Waals surface area contributed by atoms with Crippen LogP contribution in [0, 0.1) is 5.92 Å². The number of rotatable bonds is 5. The Morgan fingerprint density at radius 3 is 3.09 bits per heavy atom. The Morgan fingerprint density at radius 2 is 2.32 bits per heavy atom. The van der Waals surface area contributed by atoms with E-state index in [1.165, 1.54) is 0 Å². The molecule has 1 N–H and O–H groups in total. The van der Waals surface area contributed by atoms with E-state index in [2.05, 4.69) is 9.97 Å². The third kappa shape index (κ3) is 3.65. The lowest BCUT2D eigenvalue weighted by molar-refractivity contribution is -0.132. The van der Waals surface area contributed by atoms with Crippen LogP contribution in [0.15, 0.2) is 24.3 Å². The molecule has 0 saturated carbocycles. The molecular formula is C17H23N3O2. The molecule has 1 aliphatic rings. The Kier molecular flexibility index (Phi) is 4.73. The molecule has 3 rings (SSSR count). The number of hydrogen-bond donors (Lipinski definition) is 1. The van der Waals surface area contributed by atoms with Crippen molar-refractivity contribution in [1.82, 2.24) is 14.9 Å². The highest BCUT2D eigenvalue weighted by Gasteiger charge is 2.19. The van der Waals surface area contributed by atoms with E-state index in [-0.39, 0.29) is 5.91 Å². The summed E-state index contributed by atoms with van der Waals surface area (Å²) in [5.74, 6) is 1.52. The van der Waals surface area contributed by atoms with E-state index in [0.29, 0.717) is 18.9 Å². The first-order valence-electron chi connectivity index (χ1n) is 7.97. The van der Waals surface area contributed by atoms with E-state index in [4.69, 9.17) is 4.74 Å². The summed E-state index contributed by atoms with van der Waals surface area (Å²) in [6, 6.07) is 7.98. The van der Waals surface area contributed by atoms with E-state index in [0.717, 1.165) is 49.3 Å². The van der Waals surface area contributed by atoms with Gasteiger partial charge < -0.3 is 14.6 Å². The molecule has 1 aromatic carbocycles. The standard InChI is InChI=1S/C17H23N3O2/c1-20(17(21)11-13-5-4-10-22-12-13)9-8-16-18-14-6-2-3-7-15(14)19-16/h2-3,6-7,13H,4-5,8-12H2,1H3,(H,18,19). The summed E-state index contributed by atoms with van der Waals surface area (Å²) in [5, 5.41) is 0. The molecule has 22 heavy (non-hydrogen) atoms. The van der Waals surface area contributed by atoms with E-state index >= 15 is 0 Å². The molecule has 1 amide bonds. The summed E-state index contributed by atoms with van der Waals surface area (Å²) >= 11 is 0. The van der Waals surface area contributed by atoms with E-state index in [1.54, 1.807) is 0 Å². The third-order valence-corrected chi connectivity index (χ3v) is 4.27. The molecular weight excluding hydrogens is 278 g/mol. The van der Waals surface area contributed by atoms with Crippen LogP contribution >= 0.6 is 0 Å².